The van der Waals surface area contributed by atoms with E-state index in [9.17, 15) is 13.2 Å². The van der Waals surface area contributed by atoms with E-state index in [-0.39, 0.29) is 12.3 Å². The fourth-order valence-corrected chi connectivity index (χ4v) is 7.83. The van der Waals surface area contributed by atoms with Crippen molar-refractivity contribution in [3.8, 4) is 0 Å². The predicted octanol–water partition coefficient (Wildman–Crippen LogP) is 2.02. The third-order valence-electron chi connectivity index (χ3n) is 6.97. The maximum atomic E-state index is 12.7. The molecule has 2 aliphatic heterocycles. The number of morpholine rings is 1. The van der Waals surface area contributed by atoms with E-state index in [2.05, 4.69) is 20.2 Å². The zero-order valence-electron chi connectivity index (χ0n) is 19.0. The fourth-order valence-electron chi connectivity index (χ4n) is 5.30. The number of sulfonamides is 1. The molecule has 1 N–H and O–H groups in total. The third-order valence-corrected chi connectivity index (χ3v) is 10.0. The first kappa shape index (κ1) is 23.1. The number of hydrogen-bond donors (Lipinski definition) is 1. The average molecular weight is 494 g/mol. The summed E-state index contributed by atoms with van der Waals surface area (Å²) in [6.45, 7) is 5.71. The van der Waals surface area contributed by atoms with Crippen LogP contribution in [-0.2, 0) is 32.5 Å². The number of carbonyl (C=O) groups is 1. The lowest BCUT2D eigenvalue weighted by Crippen LogP contribution is -2.46. The van der Waals surface area contributed by atoms with Gasteiger partial charge in [0.05, 0.1) is 18.6 Å². The Balaban J connectivity index is 1.32. The Bertz CT molecular complexity index is 1120. The second-order valence-electron chi connectivity index (χ2n) is 9.25. The molecule has 4 heterocycles. The summed E-state index contributed by atoms with van der Waals surface area (Å²) in [5.74, 6) is 0.0192. The van der Waals surface area contributed by atoms with Gasteiger partial charge in [0.1, 0.15) is 28.5 Å². The Morgan fingerprint density at radius 2 is 1.94 bits per heavy atom. The van der Waals surface area contributed by atoms with Gasteiger partial charge in [0, 0.05) is 43.1 Å². The molecular weight excluding hydrogens is 462 g/mol. The van der Waals surface area contributed by atoms with Crippen molar-refractivity contribution in [1.82, 2.24) is 19.2 Å². The number of carbonyl (C=O) groups excluding carboxylic acids is 1. The lowest BCUT2D eigenvalue weighted by atomic mass is 9.90. The molecule has 0 spiro atoms. The molecule has 0 radical (unpaired) electrons. The van der Waals surface area contributed by atoms with Crippen LogP contribution in [0.5, 0.6) is 0 Å². The van der Waals surface area contributed by atoms with Gasteiger partial charge in [0.2, 0.25) is 10.0 Å². The molecule has 33 heavy (non-hydrogen) atoms. The van der Waals surface area contributed by atoms with Gasteiger partial charge in [-0.15, -0.1) is 11.3 Å². The number of anilines is 1. The van der Waals surface area contributed by atoms with Gasteiger partial charge < -0.3 is 10.1 Å². The number of aromatic nitrogens is 2. The molecule has 3 aliphatic rings. The molecule has 0 unspecified atom stereocenters. The number of fused-ring (bicyclic) bond motifs is 3. The highest BCUT2D eigenvalue weighted by molar-refractivity contribution is 7.89. The summed E-state index contributed by atoms with van der Waals surface area (Å²) in [4.78, 5) is 25.1. The van der Waals surface area contributed by atoms with Crippen molar-refractivity contribution >= 4 is 43.2 Å². The van der Waals surface area contributed by atoms with E-state index in [0.29, 0.717) is 25.0 Å². The van der Waals surface area contributed by atoms with Crippen molar-refractivity contribution in [3.63, 3.8) is 0 Å². The van der Waals surface area contributed by atoms with E-state index in [1.807, 2.05) is 0 Å². The first-order valence-electron chi connectivity index (χ1n) is 11.7. The van der Waals surface area contributed by atoms with Crippen LogP contribution in [0.4, 0.5) is 5.82 Å². The van der Waals surface area contributed by atoms with E-state index >= 15 is 0 Å². The van der Waals surface area contributed by atoms with Crippen LogP contribution in [0, 0.1) is 0 Å². The Kier molecular flexibility index (Phi) is 6.67. The minimum Gasteiger partial charge on any atom is -0.379 e. The molecule has 2 aromatic rings. The van der Waals surface area contributed by atoms with Crippen LogP contribution < -0.4 is 5.32 Å². The van der Waals surface area contributed by atoms with Gasteiger partial charge in [-0.05, 0) is 44.6 Å². The molecule has 9 nitrogen and oxygen atoms in total. The highest BCUT2D eigenvalue weighted by Gasteiger charge is 2.32. The summed E-state index contributed by atoms with van der Waals surface area (Å²) in [7, 11) is -3.62. The molecule has 0 aromatic carbocycles. The van der Waals surface area contributed by atoms with Crippen molar-refractivity contribution in [3.05, 3.63) is 16.8 Å². The molecule has 180 valence electrons. The monoisotopic (exact) mass is 493 g/mol. The topological polar surface area (TPSA) is 105 Å². The number of thiophene rings is 1. The number of nitrogens with zero attached hydrogens (tertiary/aromatic N) is 4. The van der Waals surface area contributed by atoms with Crippen molar-refractivity contribution in [2.24, 2.45) is 0 Å². The van der Waals surface area contributed by atoms with Gasteiger partial charge in [-0.3, -0.25) is 9.69 Å². The molecule has 2 fully saturated rings. The number of Topliss-reactive ketones (excluding diaryl/α,β-unsaturated/α-hetero) is 1. The number of rotatable bonds is 6. The van der Waals surface area contributed by atoms with E-state index in [1.54, 1.807) is 17.7 Å². The van der Waals surface area contributed by atoms with Crippen LogP contribution in [0.2, 0.25) is 0 Å². The van der Waals surface area contributed by atoms with Gasteiger partial charge >= 0.3 is 0 Å². The van der Waals surface area contributed by atoms with Gasteiger partial charge in [0.15, 0.2) is 0 Å². The Hall–Kier alpha value is -1.66. The first-order valence-corrected chi connectivity index (χ1v) is 14.1. The lowest BCUT2D eigenvalue weighted by Gasteiger charge is -2.39. The Labute approximate surface area is 198 Å². The first-order chi connectivity index (χ1) is 15.9. The molecule has 0 atom stereocenters. The lowest BCUT2D eigenvalue weighted by molar-refractivity contribution is -0.114. The third kappa shape index (κ3) is 4.93. The van der Waals surface area contributed by atoms with Gasteiger partial charge in [-0.2, -0.15) is 4.31 Å². The van der Waals surface area contributed by atoms with Crippen molar-refractivity contribution in [2.75, 3.05) is 43.9 Å². The molecule has 5 rings (SSSR count). The molecule has 1 saturated carbocycles. The molecule has 11 heteroatoms. The van der Waals surface area contributed by atoms with E-state index in [1.165, 1.54) is 16.1 Å². The zero-order chi connectivity index (χ0) is 23.0. The van der Waals surface area contributed by atoms with Crippen molar-refractivity contribution in [1.29, 1.82) is 0 Å². The summed E-state index contributed by atoms with van der Waals surface area (Å²) >= 11 is 1.62. The highest BCUT2D eigenvalue weighted by Crippen LogP contribution is 2.38. The zero-order valence-corrected chi connectivity index (χ0v) is 20.6. The minimum absolute atomic E-state index is 0.275. The summed E-state index contributed by atoms with van der Waals surface area (Å²) in [6, 6.07) is 0.975. The van der Waals surface area contributed by atoms with Crippen LogP contribution >= 0.6 is 11.3 Å². The Morgan fingerprint density at radius 3 is 2.67 bits per heavy atom. The smallest absolute Gasteiger partial charge is 0.221 e. The SMILES string of the molecule is CC(=O)CS(=O)(=O)N1CCc2sc3ncnc(NC4CCC(N5CCOCC5)CC4)c3c2C1. The van der Waals surface area contributed by atoms with Crippen LogP contribution in [0.25, 0.3) is 10.2 Å². The molecule has 0 amide bonds. The van der Waals surface area contributed by atoms with Crippen LogP contribution in [-0.4, -0.2) is 84.1 Å². The van der Waals surface area contributed by atoms with Crippen molar-refractivity contribution in [2.45, 2.75) is 57.7 Å². The summed E-state index contributed by atoms with van der Waals surface area (Å²) < 4.78 is 32.3. The number of nitrogens with one attached hydrogen (secondary N) is 1. The van der Waals surface area contributed by atoms with E-state index in [0.717, 1.165) is 73.6 Å². The number of ketones is 1. The minimum atomic E-state index is -3.62. The quantitative estimate of drug-likeness (QED) is 0.652. The van der Waals surface area contributed by atoms with E-state index in [4.69, 9.17) is 4.74 Å². The number of hydrogen-bond acceptors (Lipinski definition) is 9. The second-order valence-corrected chi connectivity index (χ2v) is 12.3. The van der Waals surface area contributed by atoms with Crippen LogP contribution in [0.3, 0.4) is 0 Å². The highest BCUT2D eigenvalue weighted by atomic mass is 32.2. The normalized spacial score (nSPS) is 25.1. The molecular formula is C22H31N5O4S2. The van der Waals surface area contributed by atoms with Crippen LogP contribution in [0.1, 0.15) is 43.0 Å². The standard InChI is InChI=1S/C22H31N5O4S2/c1-15(28)13-33(29,30)27-7-6-19-18(12-27)20-21(23-14-24-22(20)32-19)25-16-2-4-17(5-3-16)26-8-10-31-11-9-26/h14,16-17H,2-13H2,1H3,(H,23,24,25). The van der Waals surface area contributed by atoms with Gasteiger partial charge in [-0.25, -0.2) is 18.4 Å². The Morgan fingerprint density at radius 1 is 1.18 bits per heavy atom. The molecule has 1 saturated heterocycles. The maximum absolute atomic E-state index is 12.7. The van der Waals surface area contributed by atoms with Gasteiger partial charge in [0.25, 0.3) is 0 Å². The van der Waals surface area contributed by atoms with E-state index < -0.39 is 15.8 Å². The second kappa shape index (κ2) is 9.53. The molecule has 2 aromatic heterocycles. The largest absolute Gasteiger partial charge is 0.379 e. The number of ether oxygens (including phenoxy) is 1. The molecule has 1 aliphatic carbocycles. The fraction of sp³-hybridized carbons (Fsp3) is 0.682. The maximum Gasteiger partial charge on any atom is 0.221 e. The van der Waals surface area contributed by atoms with Gasteiger partial charge in [-0.1, -0.05) is 0 Å². The average Bonchev–Trinajstić information content (AvgIpc) is 3.18. The summed E-state index contributed by atoms with van der Waals surface area (Å²) in [5, 5.41) is 4.60. The van der Waals surface area contributed by atoms with Crippen molar-refractivity contribution < 1.29 is 17.9 Å². The summed E-state index contributed by atoms with van der Waals surface area (Å²) in [6.07, 6.45) is 6.71. The summed E-state index contributed by atoms with van der Waals surface area (Å²) in [5.41, 5.74) is 0.985. The molecule has 0 bridgehead atoms. The predicted molar refractivity (Wildman–Crippen MR) is 128 cm³/mol. The van der Waals surface area contributed by atoms with Crippen LogP contribution in [0.15, 0.2) is 6.33 Å².